The van der Waals surface area contributed by atoms with Gasteiger partial charge in [0.1, 0.15) is 56.0 Å². The summed E-state index contributed by atoms with van der Waals surface area (Å²) in [6.45, 7) is 0.00181. The van der Waals surface area contributed by atoms with E-state index < -0.39 is 104 Å². The molecule has 0 bridgehead atoms. The number of phosphoric acid groups is 3. The number of hydrogen-bond acceptors (Lipinski definition) is 28. The first-order valence-corrected chi connectivity index (χ1v) is 36.0. The number of aliphatic hydroxyl groups is 5. The third-order valence-corrected chi connectivity index (χ3v) is 19.7. The Morgan fingerprint density at radius 3 is 1.32 bits per heavy atom. The number of halogens is 4. The van der Waals surface area contributed by atoms with Gasteiger partial charge in [-0.2, -0.15) is 21.8 Å². The number of nitrogens with one attached hydrogen (secondary N) is 4. The van der Waals surface area contributed by atoms with Crippen molar-refractivity contribution >= 4 is 103 Å². The molecule has 0 radical (unpaired) electrons. The Bertz CT molecular complexity index is 4660. The summed E-state index contributed by atoms with van der Waals surface area (Å²) >= 11 is 2.28. The number of amides is 1. The Balaban J connectivity index is 0.000000169. The fourth-order valence-corrected chi connectivity index (χ4v) is 13.7. The van der Waals surface area contributed by atoms with Crippen LogP contribution in [0.25, 0.3) is 33.5 Å². The summed E-state index contributed by atoms with van der Waals surface area (Å²) in [7, 11) is -16.6. The molecule has 3 aromatic carbocycles. The van der Waals surface area contributed by atoms with Gasteiger partial charge in [0.05, 0.1) is 70.2 Å². The lowest BCUT2D eigenvalue weighted by atomic mass is 10.1. The van der Waals surface area contributed by atoms with E-state index in [1.165, 1.54) is 33.4 Å². The molecule has 5 unspecified atom stereocenters. The van der Waals surface area contributed by atoms with Gasteiger partial charge in [0, 0.05) is 53.6 Å². The number of aliphatic hydroxyl groups excluding tert-OH is 5. The average molecular weight is 1590 g/mol. The van der Waals surface area contributed by atoms with Crippen LogP contribution >= 0.6 is 46.1 Å². The van der Waals surface area contributed by atoms with E-state index >= 15 is 0 Å². The normalized spacial score (nSPS) is 21.5. The Morgan fingerprint density at radius 1 is 0.569 bits per heavy atom. The Labute approximate surface area is 588 Å². The summed E-state index contributed by atoms with van der Waals surface area (Å²) < 4.78 is 106. The number of alkyl halides is 3. The second-order valence-electron chi connectivity index (χ2n) is 22.3. The van der Waals surface area contributed by atoms with Crippen LogP contribution in [-0.4, -0.2) is 185 Å². The molecule has 15 N–H and O–H groups in total. The van der Waals surface area contributed by atoms with Crippen LogP contribution in [0.2, 0.25) is 0 Å². The summed E-state index contributed by atoms with van der Waals surface area (Å²) in [6.07, 6.45) is -2.42. The van der Waals surface area contributed by atoms with Gasteiger partial charge in [0.2, 0.25) is 0 Å². The number of anilines is 3. The molecule has 11 atom stereocenters. The molecule has 12 rings (SSSR count). The lowest BCUT2D eigenvalue weighted by Gasteiger charge is -2.19. The first-order valence-electron chi connectivity index (χ1n) is 30.4. The molecule has 36 nitrogen and oxygen atoms in total. The van der Waals surface area contributed by atoms with Gasteiger partial charge in [0.15, 0.2) is 50.9 Å². The van der Waals surface area contributed by atoms with E-state index in [2.05, 4.69) is 144 Å². The topological polar surface area (TPSA) is 511 Å². The van der Waals surface area contributed by atoms with Gasteiger partial charge in [-0.3, -0.25) is 23.0 Å². The number of nitrogens with zero attached hydrogens (tertiary/aromatic N) is 12. The van der Waals surface area contributed by atoms with Crippen molar-refractivity contribution in [1.82, 2.24) is 63.9 Å². The molecule has 102 heavy (non-hydrogen) atoms. The van der Waals surface area contributed by atoms with Crippen molar-refractivity contribution in [3.8, 4) is 23.7 Å². The maximum absolute atomic E-state index is 12.1. The summed E-state index contributed by atoms with van der Waals surface area (Å²) in [6, 6.07) is 22.8. The van der Waals surface area contributed by atoms with E-state index in [-0.39, 0.29) is 26.2 Å². The minimum absolute atomic E-state index is 0.0119. The number of nitrogens with two attached hydrogens (primary N) is 1. The Morgan fingerprint density at radius 2 is 0.951 bits per heavy atom. The molecule has 3 fully saturated rings. The van der Waals surface area contributed by atoms with Crippen molar-refractivity contribution in [1.29, 1.82) is 0 Å². The monoisotopic (exact) mass is 1590 g/mol. The van der Waals surface area contributed by atoms with Crippen molar-refractivity contribution in [2.24, 2.45) is 5.73 Å². The van der Waals surface area contributed by atoms with Gasteiger partial charge in [-0.15, -0.1) is 0 Å². The van der Waals surface area contributed by atoms with E-state index in [1.807, 2.05) is 24.3 Å². The highest BCUT2D eigenvalue weighted by Gasteiger charge is 2.44. The maximum atomic E-state index is 12.1. The number of aromatic nitrogens is 12. The van der Waals surface area contributed by atoms with Gasteiger partial charge < -0.3 is 86.3 Å². The van der Waals surface area contributed by atoms with Crippen LogP contribution in [0.1, 0.15) is 65.8 Å². The standard InChI is InChI=1S/C22H21F3N6O4.C20H25N6O12P3.C17H18IN5O3/c23-22(24,25)21(34)26-7-1-2-13-3-5-14(6-4-13)9-27-19-18-20(29-11-28-19)31(12-30-18)17-8-15(33)16(10-32)35-17;21-7-1-2-13-3-5-14(6-4-13)9-22-19-18-20(24-11-23-19)26(12-25-18)17-8-15(27)16(36-17)10-35-40(31,32)38-41(33,34)37-39(28,29)30;18-11-3-1-10(2-4-11)6-19-16-15-17(21-8-20-16)23(9-22-15)14-5-12(25)13(7-24)26-14/h3-6,11-12,15-17,32-33H,7-10H2,(H,26,34)(H,27,28,29);3-6,11-12,15-17,27H,7-10,21H2,(H,31,32)(H,33,34)(H,22,23,24)(H2,28,29,30);1-4,8-9,12-14,24-25H,5-7H2,(H,19,20,21)/t2*15?,16-,17-;12?,13-,14-/m111/s1. The number of imidazole rings is 3. The van der Waals surface area contributed by atoms with E-state index in [1.54, 1.807) is 51.4 Å². The molecule has 3 saturated heterocycles. The zero-order chi connectivity index (χ0) is 72.9. The van der Waals surface area contributed by atoms with Crippen LogP contribution in [0.3, 0.4) is 0 Å². The van der Waals surface area contributed by atoms with E-state index in [9.17, 15) is 67.0 Å². The first-order chi connectivity index (χ1) is 48.7. The van der Waals surface area contributed by atoms with Crippen LogP contribution in [-0.2, 0) is 65.5 Å². The smallest absolute Gasteiger partial charge is 0.394 e. The van der Waals surface area contributed by atoms with Gasteiger partial charge in [-0.1, -0.05) is 60.1 Å². The number of ether oxygens (including phenoxy) is 3. The predicted octanol–water partition coefficient (Wildman–Crippen LogP) is 3.53. The molecule has 9 aromatic rings. The Hall–Kier alpha value is -8.13. The first kappa shape index (κ1) is 76.5. The molecule has 43 heteroatoms. The minimum atomic E-state index is -5.67. The summed E-state index contributed by atoms with van der Waals surface area (Å²) in [4.78, 5) is 85.6. The van der Waals surface area contributed by atoms with Gasteiger partial charge >= 0.3 is 35.6 Å². The van der Waals surface area contributed by atoms with Crippen LogP contribution in [0.5, 0.6) is 0 Å². The second kappa shape index (κ2) is 34.0. The highest BCUT2D eigenvalue weighted by molar-refractivity contribution is 14.1. The molecule has 6 aromatic heterocycles. The number of fused-ring (bicyclic) bond motifs is 3. The Kier molecular flexibility index (Phi) is 25.5. The number of phosphoric ester groups is 1. The second-order valence-corrected chi connectivity index (χ2v) is 27.9. The fraction of sp³-hybridized carbons (Fsp3) is 0.356. The molecule has 3 aliphatic heterocycles. The highest BCUT2D eigenvalue weighted by atomic mass is 127. The molecule has 9 heterocycles. The summed E-state index contributed by atoms with van der Waals surface area (Å²) in [5.41, 5.74) is 12.9. The van der Waals surface area contributed by atoms with Crippen molar-refractivity contribution in [2.45, 2.75) is 100 Å². The van der Waals surface area contributed by atoms with Gasteiger partial charge in [-0.05, 0) is 75.7 Å². The molecular weight excluding hydrogens is 1530 g/mol. The summed E-state index contributed by atoms with van der Waals surface area (Å²) in [5, 5.41) is 60.3. The van der Waals surface area contributed by atoms with Gasteiger partial charge in [-0.25, -0.2) is 58.6 Å². The van der Waals surface area contributed by atoms with Crippen molar-refractivity contribution in [3.63, 3.8) is 0 Å². The number of carbonyl (C=O) groups is 1. The van der Waals surface area contributed by atoms with Crippen LogP contribution < -0.4 is 27.0 Å². The highest BCUT2D eigenvalue weighted by Crippen LogP contribution is 2.66. The largest absolute Gasteiger partial charge is 0.490 e. The molecular formula is C59H64F3IN17O19P3. The van der Waals surface area contributed by atoms with E-state index in [4.69, 9.17) is 29.7 Å². The molecule has 3 aliphatic rings. The molecule has 542 valence electrons. The van der Waals surface area contributed by atoms with E-state index in [0.717, 1.165) is 22.3 Å². The predicted molar refractivity (Wildman–Crippen MR) is 359 cm³/mol. The summed E-state index contributed by atoms with van der Waals surface area (Å²) in [5.74, 6) is 10.4. The van der Waals surface area contributed by atoms with Crippen molar-refractivity contribution in [2.75, 3.05) is 48.9 Å². The number of rotatable bonds is 22. The van der Waals surface area contributed by atoms with Crippen molar-refractivity contribution in [3.05, 3.63) is 142 Å². The van der Waals surface area contributed by atoms with Crippen molar-refractivity contribution < 1.29 is 104 Å². The SMILES string of the molecule is NCC#Cc1ccc(CNc2ncnc3c2ncn3[C@H]2CC(O)[C@@H](COP(=O)(O)OP(=O)(O)OP(=O)(O)O)O2)cc1.O=C(NCC#Cc1ccc(CNc2ncnc3c2ncn3[C@H]2CC(O)[C@@H](CO)O2)cc1)C(F)(F)F.OC[C@H]1O[C@@H](n2cnc3c(NCc4ccc(I)cc4)ncnc32)CC1O. The van der Waals surface area contributed by atoms with Crippen LogP contribution in [0.15, 0.2) is 111 Å². The quantitative estimate of drug-likeness (QED) is 0.0262. The molecule has 0 saturated carbocycles. The lowest BCUT2D eigenvalue weighted by molar-refractivity contribution is -0.173. The molecule has 1 amide bonds. The lowest BCUT2D eigenvalue weighted by Crippen LogP contribution is -2.36. The zero-order valence-corrected chi connectivity index (χ0v) is 57.6. The zero-order valence-electron chi connectivity index (χ0n) is 52.8. The minimum Gasteiger partial charge on any atom is -0.394 e. The number of benzene rings is 3. The number of carbonyl (C=O) groups excluding carboxylic acids is 1. The third kappa shape index (κ3) is 20.4. The molecule has 0 aliphatic carbocycles. The van der Waals surface area contributed by atoms with Crippen LogP contribution in [0.4, 0.5) is 30.6 Å². The fourth-order valence-electron chi connectivity index (χ4n) is 10.3. The third-order valence-electron chi connectivity index (χ3n) is 15.2. The average Bonchev–Trinajstić information content (AvgIpc) is 1.64. The van der Waals surface area contributed by atoms with E-state index in [0.29, 0.717) is 89.0 Å². The van der Waals surface area contributed by atoms with Gasteiger partial charge in [0.25, 0.3) is 0 Å². The number of hydrogen-bond donors (Lipinski definition) is 14. The molecule has 0 spiro atoms. The van der Waals surface area contributed by atoms with Crippen LogP contribution in [0, 0.1) is 27.3 Å². The maximum Gasteiger partial charge on any atom is 0.490 e.